The van der Waals surface area contributed by atoms with Crippen molar-refractivity contribution in [2.24, 2.45) is 5.92 Å². The van der Waals surface area contributed by atoms with Crippen molar-refractivity contribution in [3.63, 3.8) is 0 Å². The fourth-order valence-electron chi connectivity index (χ4n) is 1.45. The number of ether oxygens (including phenoxy) is 1. The van der Waals surface area contributed by atoms with E-state index >= 15 is 0 Å². The first-order valence-corrected chi connectivity index (χ1v) is 5.51. The molecule has 18 heavy (non-hydrogen) atoms. The Morgan fingerprint density at radius 2 is 2.28 bits per heavy atom. The summed E-state index contributed by atoms with van der Waals surface area (Å²) in [5, 5.41) is 11.6. The van der Waals surface area contributed by atoms with Crippen molar-refractivity contribution < 1.29 is 19.4 Å². The molecule has 6 nitrogen and oxygen atoms in total. The van der Waals surface area contributed by atoms with Crippen LogP contribution in [-0.4, -0.2) is 42.2 Å². The summed E-state index contributed by atoms with van der Waals surface area (Å²) in [6, 6.07) is 2.83. The van der Waals surface area contributed by atoms with Crippen LogP contribution in [0.25, 0.3) is 0 Å². The van der Waals surface area contributed by atoms with Gasteiger partial charge in [0.15, 0.2) is 0 Å². The standard InChI is InChI=1S/C12H16N2O4/c1-8(7-18-2)6-14-11(15)10-9(12(16)17)4-3-5-13-10/h3-5,8H,6-7H2,1-2H3,(H,14,15)(H,16,17). The SMILES string of the molecule is COCC(C)CNC(=O)c1ncccc1C(=O)O. The van der Waals surface area contributed by atoms with Gasteiger partial charge in [0.2, 0.25) is 0 Å². The summed E-state index contributed by atoms with van der Waals surface area (Å²) in [7, 11) is 1.58. The molecule has 1 amide bonds. The molecule has 2 N–H and O–H groups in total. The third kappa shape index (κ3) is 3.81. The minimum absolute atomic E-state index is 0.0744. The monoisotopic (exact) mass is 252 g/mol. The van der Waals surface area contributed by atoms with Gasteiger partial charge in [0.1, 0.15) is 5.69 Å². The highest BCUT2D eigenvalue weighted by Gasteiger charge is 2.17. The molecule has 6 heteroatoms. The van der Waals surface area contributed by atoms with Crippen LogP contribution in [0.2, 0.25) is 0 Å². The largest absolute Gasteiger partial charge is 0.478 e. The van der Waals surface area contributed by atoms with Crippen molar-refractivity contribution in [1.82, 2.24) is 10.3 Å². The summed E-state index contributed by atoms with van der Waals surface area (Å²) in [6.45, 7) is 2.84. The molecule has 1 heterocycles. The number of carboxylic acid groups (broad SMARTS) is 1. The van der Waals surface area contributed by atoms with Gasteiger partial charge in [-0.1, -0.05) is 6.92 Å². The van der Waals surface area contributed by atoms with Crippen molar-refractivity contribution in [3.8, 4) is 0 Å². The number of nitrogens with zero attached hydrogens (tertiary/aromatic N) is 1. The average Bonchev–Trinajstić information content (AvgIpc) is 2.36. The second-order valence-corrected chi connectivity index (χ2v) is 3.98. The highest BCUT2D eigenvalue weighted by Crippen LogP contribution is 2.05. The molecule has 0 aliphatic heterocycles. The van der Waals surface area contributed by atoms with E-state index < -0.39 is 11.9 Å². The van der Waals surface area contributed by atoms with Crippen molar-refractivity contribution in [2.45, 2.75) is 6.92 Å². The molecule has 1 atom stereocenters. The molecule has 0 spiro atoms. The number of carbonyl (C=O) groups is 2. The van der Waals surface area contributed by atoms with Crippen LogP contribution in [0.15, 0.2) is 18.3 Å². The van der Waals surface area contributed by atoms with E-state index in [2.05, 4.69) is 10.3 Å². The average molecular weight is 252 g/mol. The van der Waals surface area contributed by atoms with Crippen LogP contribution in [0.5, 0.6) is 0 Å². The minimum Gasteiger partial charge on any atom is -0.478 e. The molecule has 1 aromatic rings. The molecule has 1 rings (SSSR count). The normalized spacial score (nSPS) is 11.9. The zero-order valence-corrected chi connectivity index (χ0v) is 10.3. The lowest BCUT2D eigenvalue weighted by Crippen LogP contribution is -2.31. The molecule has 0 aromatic carbocycles. The Hall–Kier alpha value is -1.95. The number of hydrogen-bond acceptors (Lipinski definition) is 4. The van der Waals surface area contributed by atoms with Gasteiger partial charge < -0.3 is 15.2 Å². The summed E-state index contributed by atoms with van der Waals surface area (Å²) >= 11 is 0. The maximum atomic E-state index is 11.8. The number of methoxy groups -OCH3 is 1. The number of nitrogens with one attached hydrogen (secondary N) is 1. The molecule has 0 aliphatic rings. The maximum absolute atomic E-state index is 11.8. The van der Waals surface area contributed by atoms with Gasteiger partial charge in [-0.05, 0) is 18.1 Å². The number of rotatable bonds is 6. The molecular formula is C12H16N2O4. The highest BCUT2D eigenvalue weighted by atomic mass is 16.5. The van der Waals surface area contributed by atoms with Gasteiger partial charge in [-0.2, -0.15) is 0 Å². The molecule has 1 aromatic heterocycles. The Labute approximate surface area is 105 Å². The summed E-state index contributed by atoms with van der Waals surface area (Å²) in [6.07, 6.45) is 1.39. The van der Waals surface area contributed by atoms with Crippen LogP contribution in [0.4, 0.5) is 0 Å². The van der Waals surface area contributed by atoms with E-state index in [9.17, 15) is 9.59 Å². The van der Waals surface area contributed by atoms with Gasteiger partial charge in [0.25, 0.3) is 5.91 Å². The quantitative estimate of drug-likeness (QED) is 0.781. The lowest BCUT2D eigenvalue weighted by molar-refractivity contribution is 0.0689. The fraction of sp³-hybridized carbons (Fsp3) is 0.417. The number of aromatic nitrogens is 1. The van der Waals surface area contributed by atoms with E-state index in [-0.39, 0.29) is 17.2 Å². The van der Waals surface area contributed by atoms with Gasteiger partial charge in [0.05, 0.1) is 12.2 Å². The second kappa shape index (κ2) is 6.70. The highest BCUT2D eigenvalue weighted by molar-refractivity contribution is 6.03. The van der Waals surface area contributed by atoms with Crippen molar-refractivity contribution in [3.05, 3.63) is 29.6 Å². The third-order valence-electron chi connectivity index (χ3n) is 2.32. The lowest BCUT2D eigenvalue weighted by Gasteiger charge is -2.11. The van der Waals surface area contributed by atoms with Crippen molar-refractivity contribution >= 4 is 11.9 Å². The molecule has 0 saturated carbocycles. The molecule has 0 saturated heterocycles. The van der Waals surface area contributed by atoms with Gasteiger partial charge in [-0.15, -0.1) is 0 Å². The predicted octanol–water partition coefficient (Wildman–Crippen LogP) is 0.792. The second-order valence-electron chi connectivity index (χ2n) is 3.98. The minimum atomic E-state index is -1.17. The van der Waals surface area contributed by atoms with E-state index in [1.807, 2.05) is 6.92 Å². The Bertz CT molecular complexity index is 434. The number of carboxylic acids is 1. The molecule has 1 unspecified atom stereocenters. The number of aromatic carboxylic acids is 1. The van der Waals surface area contributed by atoms with E-state index in [1.54, 1.807) is 7.11 Å². The summed E-state index contributed by atoms with van der Waals surface area (Å²) in [5.41, 5.74) is -0.177. The summed E-state index contributed by atoms with van der Waals surface area (Å²) in [4.78, 5) is 26.5. The molecular weight excluding hydrogens is 236 g/mol. The zero-order valence-electron chi connectivity index (χ0n) is 10.3. The van der Waals surface area contributed by atoms with Crippen LogP contribution in [0.1, 0.15) is 27.8 Å². The first-order chi connectivity index (χ1) is 8.56. The smallest absolute Gasteiger partial charge is 0.338 e. The van der Waals surface area contributed by atoms with Gasteiger partial charge in [-0.3, -0.25) is 9.78 Å². The van der Waals surface area contributed by atoms with Crippen LogP contribution in [0.3, 0.4) is 0 Å². The van der Waals surface area contributed by atoms with Crippen LogP contribution >= 0.6 is 0 Å². The van der Waals surface area contributed by atoms with Gasteiger partial charge in [-0.25, -0.2) is 4.79 Å². The number of hydrogen-bond donors (Lipinski definition) is 2. The Kier molecular flexibility index (Phi) is 5.26. The van der Waals surface area contributed by atoms with E-state index in [0.717, 1.165) is 0 Å². The molecule has 0 radical (unpaired) electrons. The van der Waals surface area contributed by atoms with E-state index in [4.69, 9.17) is 9.84 Å². The predicted molar refractivity (Wildman–Crippen MR) is 64.6 cm³/mol. The molecule has 0 aliphatic carbocycles. The number of amides is 1. The van der Waals surface area contributed by atoms with Gasteiger partial charge >= 0.3 is 5.97 Å². The molecule has 0 bridgehead atoms. The number of pyridine rings is 1. The van der Waals surface area contributed by atoms with Crippen LogP contribution < -0.4 is 5.32 Å². The number of carbonyl (C=O) groups excluding carboxylic acids is 1. The van der Waals surface area contributed by atoms with Crippen LogP contribution in [-0.2, 0) is 4.74 Å². The summed E-state index contributed by atoms with van der Waals surface area (Å²) < 4.78 is 4.94. The Balaban J connectivity index is 2.70. The Morgan fingerprint density at radius 1 is 1.56 bits per heavy atom. The van der Waals surface area contributed by atoms with E-state index in [0.29, 0.717) is 13.2 Å². The topological polar surface area (TPSA) is 88.5 Å². The maximum Gasteiger partial charge on any atom is 0.338 e. The summed E-state index contributed by atoms with van der Waals surface area (Å²) in [5.74, 6) is -1.51. The van der Waals surface area contributed by atoms with Gasteiger partial charge in [0, 0.05) is 19.9 Å². The van der Waals surface area contributed by atoms with E-state index in [1.165, 1.54) is 18.3 Å². The zero-order chi connectivity index (χ0) is 13.5. The Morgan fingerprint density at radius 3 is 2.89 bits per heavy atom. The van der Waals surface area contributed by atoms with Crippen molar-refractivity contribution in [2.75, 3.05) is 20.3 Å². The lowest BCUT2D eigenvalue weighted by atomic mass is 10.1. The first-order valence-electron chi connectivity index (χ1n) is 5.51. The fourth-order valence-corrected chi connectivity index (χ4v) is 1.45. The molecule has 98 valence electrons. The molecule has 0 fully saturated rings. The third-order valence-corrected chi connectivity index (χ3v) is 2.32. The van der Waals surface area contributed by atoms with Crippen LogP contribution in [0, 0.1) is 5.92 Å². The first kappa shape index (κ1) is 14.1. The van der Waals surface area contributed by atoms with Crippen molar-refractivity contribution in [1.29, 1.82) is 0 Å².